The number of ketones is 2. The molecule has 2 aromatic rings. The first kappa shape index (κ1) is 16.2. The van der Waals surface area contributed by atoms with Crippen molar-refractivity contribution in [3.05, 3.63) is 71.8 Å². The van der Waals surface area contributed by atoms with Crippen LogP contribution in [0, 0.1) is 0 Å². The van der Waals surface area contributed by atoms with Crippen molar-refractivity contribution in [3.63, 3.8) is 0 Å². The van der Waals surface area contributed by atoms with Gasteiger partial charge < -0.3 is 10.2 Å². The van der Waals surface area contributed by atoms with Gasteiger partial charge in [-0.05, 0) is 47.5 Å². The van der Waals surface area contributed by atoms with Gasteiger partial charge in [0.05, 0.1) is 6.42 Å². The normalized spacial score (nSPS) is 11.1. The topological polar surface area (TPSA) is 74.6 Å². The van der Waals surface area contributed by atoms with E-state index in [-0.39, 0.29) is 29.5 Å². The van der Waals surface area contributed by atoms with E-state index in [1.54, 1.807) is 36.4 Å². The van der Waals surface area contributed by atoms with Gasteiger partial charge in [-0.15, -0.1) is 0 Å². The molecule has 0 saturated carbocycles. The minimum Gasteiger partial charge on any atom is -0.508 e. The molecule has 116 valence electrons. The Hall–Kier alpha value is -3.14. The van der Waals surface area contributed by atoms with Gasteiger partial charge >= 0.3 is 0 Å². The molecule has 0 radical (unpaired) electrons. The van der Waals surface area contributed by atoms with E-state index in [1.807, 2.05) is 0 Å². The molecule has 2 N–H and O–H groups in total. The second-order valence-corrected chi connectivity index (χ2v) is 4.97. The fraction of sp³-hybridized carbons (Fsp3) is 0.0526. The van der Waals surface area contributed by atoms with E-state index in [1.165, 1.54) is 36.4 Å². The van der Waals surface area contributed by atoms with Crippen LogP contribution in [0.25, 0.3) is 12.2 Å². The van der Waals surface area contributed by atoms with Gasteiger partial charge in [0.1, 0.15) is 11.5 Å². The molecule has 23 heavy (non-hydrogen) atoms. The average molecular weight is 308 g/mol. The third-order valence-electron chi connectivity index (χ3n) is 3.01. The number of phenols is 2. The Bertz CT molecular complexity index is 707. The zero-order valence-corrected chi connectivity index (χ0v) is 12.3. The molecule has 4 heteroatoms. The quantitative estimate of drug-likeness (QED) is 0.634. The maximum Gasteiger partial charge on any atom is 0.163 e. The number of benzene rings is 2. The highest BCUT2D eigenvalue weighted by Crippen LogP contribution is 2.13. The van der Waals surface area contributed by atoms with E-state index < -0.39 is 0 Å². The molecule has 2 aromatic carbocycles. The van der Waals surface area contributed by atoms with Gasteiger partial charge in [0.25, 0.3) is 0 Å². The molecule has 0 aliphatic rings. The molecule has 2 rings (SSSR count). The molecule has 0 saturated heterocycles. The Morgan fingerprint density at radius 1 is 0.783 bits per heavy atom. The lowest BCUT2D eigenvalue weighted by molar-refractivity contribution is -0.121. The number of carbonyl (C=O) groups excluding carboxylic acids is 2. The monoisotopic (exact) mass is 308 g/mol. The van der Waals surface area contributed by atoms with Gasteiger partial charge in [-0.3, -0.25) is 9.59 Å². The first-order chi connectivity index (χ1) is 11.0. The smallest absolute Gasteiger partial charge is 0.163 e. The number of allylic oxidation sites excluding steroid dienone is 2. The van der Waals surface area contributed by atoms with Crippen LogP contribution in [0.15, 0.2) is 60.7 Å². The summed E-state index contributed by atoms with van der Waals surface area (Å²) in [5.74, 6) is -0.410. The van der Waals surface area contributed by atoms with Crippen molar-refractivity contribution >= 4 is 23.7 Å². The highest BCUT2D eigenvalue weighted by Gasteiger charge is 2.03. The van der Waals surface area contributed by atoms with Crippen molar-refractivity contribution in [1.82, 2.24) is 0 Å². The summed E-state index contributed by atoms with van der Waals surface area (Å²) in [7, 11) is 0. The van der Waals surface area contributed by atoms with Crippen molar-refractivity contribution in [1.29, 1.82) is 0 Å². The van der Waals surface area contributed by atoms with E-state index in [9.17, 15) is 19.8 Å². The SMILES string of the molecule is O=C(/C=C/c1cccc(O)c1)CC(=O)/C=C/c1cccc(O)c1. The van der Waals surface area contributed by atoms with Crippen LogP contribution >= 0.6 is 0 Å². The van der Waals surface area contributed by atoms with Gasteiger partial charge in [0.15, 0.2) is 11.6 Å². The van der Waals surface area contributed by atoms with E-state index in [4.69, 9.17) is 0 Å². The lowest BCUT2D eigenvalue weighted by Gasteiger charge is -1.96. The van der Waals surface area contributed by atoms with Gasteiger partial charge in [0.2, 0.25) is 0 Å². The van der Waals surface area contributed by atoms with Crippen LogP contribution < -0.4 is 0 Å². The molecule has 0 aliphatic heterocycles. The second-order valence-electron chi connectivity index (χ2n) is 4.97. The summed E-state index contributed by atoms with van der Waals surface area (Å²) < 4.78 is 0. The summed E-state index contributed by atoms with van der Waals surface area (Å²) in [4.78, 5) is 23.5. The summed E-state index contributed by atoms with van der Waals surface area (Å²) >= 11 is 0. The fourth-order valence-corrected chi connectivity index (χ4v) is 1.92. The summed E-state index contributed by atoms with van der Waals surface area (Å²) in [6.45, 7) is 0. The molecule has 0 aromatic heterocycles. The number of hydrogen-bond acceptors (Lipinski definition) is 4. The van der Waals surface area contributed by atoms with Crippen molar-refractivity contribution in [3.8, 4) is 11.5 Å². The number of aromatic hydroxyl groups is 2. The number of carbonyl (C=O) groups is 2. The number of hydrogen-bond donors (Lipinski definition) is 2. The summed E-state index contributed by atoms with van der Waals surface area (Å²) in [5, 5.41) is 18.6. The van der Waals surface area contributed by atoms with Crippen LogP contribution in [0.2, 0.25) is 0 Å². The Balaban J connectivity index is 1.91. The molecule has 0 atom stereocenters. The molecule has 0 spiro atoms. The van der Waals surface area contributed by atoms with Gasteiger partial charge in [-0.2, -0.15) is 0 Å². The standard InChI is InChI=1S/C19H16O4/c20-16-5-1-3-14(11-16)7-9-18(22)13-19(23)10-8-15-4-2-6-17(21)12-15/h1-12,20-21H,13H2/b9-7+,10-8+. The van der Waals surface area contributed by atoms with Crippen LogP contribution in [0.3, 0.4) is 0 Å². The molecule has 0 heterocycles. The summed E-state index contributed by atoms with van der Waals surface area (Å²) in [6.07, 6.45) is 5.50. The van der Waals surface area contributed by atoms with E-state index in [0.717, 1.165) is 0 Å². The first-order valence-corrected chi connectivity index (χ1v) is 7.03. The largest absolute Gasteiger partial charge is 0.508 e. The molecule has 0 aliphatic carbocycles. The Kier molecular flexibility index (Phi) is 5.47. The number of phenolic OH excluding ortho intramolecular Hbond substituents is 2. The second kappa shape index (κ2) is 7.75. The van der Waals surface area contributed by atoms with E-state index in [0.29, 0.717) is 11.1 Å². The molecule has 4 nitrogen and oxygen atoms in total. The van der Waals surface area contributed by atoms with Gasteiger partial charge in [0, 0.05) is 0 Å². The van der Waals surface area contributed by atoms with Crippen LogP contribution in [-0.4, -0.2) is 21.8 Å². The fourth-order valence-electron chi connectivity index (χ4n) is 1.92. The average Bonchev–Trinajstić information content (AvgIpc) is 2.51. The third-order valence-corrected chi connectivity index (χ3v) is 3.01. The Labute approximate surface area is 134 Å². The molecule has 0 amide bonds. The lowest BCUT2D eigenvalue weighted by atomic mass is 10.1. The highest BCUT2D eigenvalue weighted by atomic mass is 16.3. The third kappa shape index (κ3) is 5.63. The minimum atomic E-state index is -0.320. The van der Waals surface area contributed by atoms with Crippen LogP contribution in [0.4, 0.5) is 0 Å². The lowest BCUT2D eigenvalue weighted by Crippen LogP contribution is -2.01. The summed E-state index contributed by atoms with van der Waals surface area (Å²) in [5.41, 5.74) is 1.36. The van der Waals surface area contributed by atoms with Crippen molar-refractivity contribution in [2.75, 3.05) is 0 Å². The molecular formula is C19H16O4. The first-order valence-electron chi connectivity index (χ1n) is 7.03. The maximum atomic E-state index is 11.7. The predicted octanol–water partition coefficient (Wildman–Crippen LogP) is 3.35. The molecule has 0 bridgehead atoms. The molecular weight excluding hydrogens is 292 g/mol. The van der Waals surface area contributed by atoms with Crippen LogP contribution in [-0.2, 0) is 9.59 Å². The predicted molar refractivity (Wildman–Crippen MR) is 88.9 cm³/mol. The van der Waals surface area contributed by atoms with E-state index in [2.05, 4.69) is 0 Å². The Morgan fingerprint density at radius 2 is 1.22 bits per heavy atom. The molecule has 0 unspecified atom stereocenters. The number of rotatable bonds is 6. The summed E-state index contributed by atoms with van der Waals surface area (Å²) in [6, 6.07) is 12.9. The van der Waals surface area contributed by atoms with Crippen molar-refractivity contribution in [2.45, 2.75) is 6.42 Å². The van der Waals surface area contributed by atoms with E-state index >= 15 is 0 Å². The van der Waals surface area contributed by atoms with Crippen LogP contribution in [0.1, 0.15) is 17.5 Å². The highest BCUT2D eigenvalue weighted by molar-refractivity contribution is 6.10. The van der Waals surface area contributed by atoms with Crippen molar-refractivity contribution < 1.29 is 19.8 Å². The zero-order chi connectivity index (χ0) is 16.7. The van der Waals surface area contributed by atoms with Gasteiger partial charge in [-0.25, -0.2) is 0 Å². The zero-order valence-electron chi connectivity index (χ0n) is 12.3. The maximum absolute atomic E-state index is 11.7. The molecule has 0 fully saturated rings. The van der Waals surface area contributed by atoms with Crippen LogP contribution in [0.5, 0.6) is 11.5 Å². The minimum absolute atomic E-state index is 0.115. The van der Waals surface area contributed by atoms with Gasteiger partial charge in [-0.1, -0.05) is 36.4 Å². The van der Waals surface area contributed by atoms with Crippen molar-refractivity contribution in [2.24, 2.45) is 0 Å². The Morgan fingerprint density at radius 3 is 1.61 bits per heavy atom.